The van der Waals surface area contributed by atoms with Gasteiger partial charge in [0, 0.05) is 58.6 Å². The van der Waals surface area contributed by atoms with Crippen molar-refractivity contribution in [1.82, 2.24) is 44.7 Å². The lowest BCUT2D eigenvalue weighted by Crippen LogP contribution is -2.44. The maximum Gasteiger partial charge on any atom is 0.329 e. The van der Waals surface area contributed by atoms with E-state index in [-0.39, 0.29) is 48.0 Å². The second-order valence-corrected chi connectivity index (χ2v) is 14.6. The molecule has 2 fully saturated rings. The zero-order chi connectivity index (χ0) is 41.6. The van der Waals surface area contributed by atoms with Crippen molar-refractivity contribution in [1.29, 1.82) is 0 Å². The lowest BCUT2D eigenvalue weighted by atomic mass is 9.93. The number of hydrogen-bond acceptors (Lipinski definition) is 12. The Balaban J connectivity index is 0.889. The molecule has 18 nitrogen and oxygen atoms in total. The highest BCUT2D eigenvalue weighted by Crippen LogP contribution is 2.25. The second-order valence-electron chi connectivity index (χ2n) is 14.6. The van der Waals surface area contributed by atoms with Gasteiger partial charge in [0.1, 0.15) is 11.9 Å². The van der Waals surface area contributed by atoms with Crippen LogP contribution in [0.25, 0.3) is 16.7 Å². The summed E-state index contributed by atoms with van der Waals surface area (Å²) in [4.78, 5) is 85.4. The minimum Gasteiger partial charge on any atom is -0.385 e. The number of aryl methyl sites for hydroxylation is 2. The number of carbonyl (C=O) groups excluding carboxylic acids is 5. The van der Waals surface area contributed by atoms with Gasteiger partial charge in [-0.15, -0.1) is 5.10 Å². The molecule has 2 aliphatic rings. The van der Waals surface area contributed by atoms with Crippen LogP contribution in [0.3, 0.4) is 0 Å². The molecule has 306 valence electrons. The largest absolute Gasteiger partial charge is 0.385 e. The van der Waals surface area contributed by atoms with E-state index in [1.807, 2.05) is 18.2 Å². The molecule has 4 aromatic heterocycles. The molecule has 18 heteroatoms. The summed E-state index contributed by atoms with van der Waals surface area (Å²) in [5, 5.41) is 18.9. The zero-order valence-corrected chi connectivity index (χ0v) is 33.0. The number of imide groups is 1. The quantitative estimate of drug-likeness (QED) is 0.0320. The van der Waals surface area contributed by atoms with Gasteiger partial charge in [0.15, 0.2) is 23.4 Å². The molecular formula is C41H46N12O6. The topological polar surface area (TPSA) is 219 Å². The van der Waals surface area contributed by atoms with E-state index in [1.165, 1.54) is 26.0 Å². The Morgan fingerprint density at radius 2 is 1.83 bits per heavy atom. The van der Waals surface area contributed by atoms with Crippen molar-refractivity contribution in [2.75, 3.05) is 36.2 Å². The van der Waals surface area contributed by atoms with Gasteiger partial charge in [0.2, 0.25) is 11.8 Å². The Hall–Kier alpha value is -7.11. The number of pyridine rings is 1. The number of piperidine rings is 1. The highest BCUT2D eigenvalue weighted by Gasteiger charge is 2.31. The molecule has 1 unspecified atom stereocenters. The third kappa shape index (κ3) is 8.75. The summed E-state index contributed by atoms with van der Waals surface area (Å²) in [7, 11) is 5.19. The number of fused-ring (bicyclic) bond motifs is 2. The lowest BCUT2D eigenvalue weighted by molar-refractivity contribution is -0.135. The molecule has 0 radical (unpaired) electrons. The van der Waals surface area contributed by atoms with Gasteiger partial charge in [-0.05, 0) is 86.9 Å². The molecule has 1 saturated heterocycles. The number of imidazole rings is 2. The first kappa shape index (κ1) is 40.1. The molecule has 7 rings (SSSR count). The fourth-order valence-electron chi connectivity index (χ4n) is 7.07. The van der Waals surface area contributed by atoms with Gasteiger partial charge >= 0.3 is 5.69 Å². The van der Waals surface area contributed by atoms with Crippen molar-refractivity contribution >= 4 is 63.9 Å². The molecule has 59 heavy (non-hydrogen) atoms. The smallest absolute Gasteiger partial charge is 0.329 e. The minimum absolute atomic E-state index is 0.154. The standard InChI is InChI=1S/C41H46N12O6/c1-42-29-21-34(49-53-33(23-45-37(29)53)40(58)47-27-9-6-10-27)46-28(24-54)11-7-19-50(2)35-16-13-26(22-44-35)38(56)43-18-5-4-8-25-12-14-30-32(20-25)51(3)41(59)52(30)31-15-17-36(55)48-39(31)57/h7,11-14,16,19-24,27,31,42H,4-6,8-10,15,17-18H2,1-3H3,(H,43,56)(H,46,49)(H,47,58)(H,48,55,57)/b19-7-,28-11+. The van der Waals surface area contributed by atoms with Crippen LogP contribution in [0.1, 0.15) is 77.4 Å². The summed E-state index contributed by atoms with van der Waals surface area (Å²) in [6.45, 7) is 0.466. The van der Waals surface area contributed by atoms with Gasteiger partial charge in [0.05, 0.1) is 34.2 Å². The Bertz CT molecular complexity index is 2550. The molecular weight excluding hydrogens is 757 g/mol. The van der Waals surface area contributed by atoms with Crippen LogP contribution in [0.4, 0.5) is 17.3 Å². The average molecular weight is 803 g/mol. The molecule has 5 N–H and O–H groups in total. The van der Waals surface area contributed by atoms with Gasteiger partial charge < -0.3 is 26.2 Å². The van der Waals surface area contributed by atoms with Crippen LogP contribution in [-0.2, 0) is 27.9 Å². The predicted molar refractivity (Wildman–Crippen MR) is 221 cm³/mol. The van der Waals surface area contributed by atoms with E-state index in [1.54, 1.807) is 62.6 Å². The number of amides is 4. The van der Waals surface area contributed by atoms with E-state index in [2.05, 4.69) is 41.7 Å². The number of allylic oxidation sites excluding steroid dienone is 3. The SMILES string of the molecule is CNc1cc(N/C(C=O)=C/C=C\N(C)c2ccc(C(=O)NCCCCc3ccc4c(c3)n(C)c(=O)n4C3CCC(=O)NC3=O)cn2)nn2c(C(=O)NC3CCC3)cnc12. The third-order valence-electron chi connectivity index (χ3n) is 10.6. The maximum atomic E-state index is 13.1. The van der Waals surface area contributed by atoms with Crippen molar-refractivity contribution in [3.8, 4) is 0 Å². The number of nitrogens with one attached hydrogen (secondary N) is 5. The molecule has 0 bridgehead atoms. The first-order chi connectivity index (χ1) is 28.5. The van der Waals surface area contributed by atoms with Crippen molar-refractivity contribution < 1.29 is 24.0 Å². The summed E-state index contributed by atoms with van der Waals surface area (Å²) in [5.41, 5.74) is 4.11. The first-order valence-corrected chi connectivity index (χ1v) is 19.5. The Labute approximate surface area is 338 Å². The van der Waals surface area contributed by atoms with Crippen molar-refractivity contribution in [3.63, 3.8) is 0 Å². The first-order valence-electron chi connectivity index (χ1n) is 19.5. The highest BCUT2D eigenvalue weighted by molar-refractivity contribution is 6.00. The number of unbranched alkanes of at least 4 members (excludes halogenated alkanes) is 1. The summed E-state index contributed by atoms with van der Waals surface area (Å²) in [5.74, 6) is -0.386. The lowest BCUT2D eigenvalue weighted by Gasteiger charge is -2.26. The summed E-state index contributed by atoms with van der Waals surface area (Å²) in [6, 6.07) is 10.3. The molecule has 1 aromatic carbocycles. The summed E-state index contributed by atoms with van der Waals surface area (Å²) < 4.78 is 4.44. The fraction of sp³-hybridized carbons (Fsp3) is 0.341. The van der Waals surface area contributed by atoms with E-state index < -0.39 is 11.9 Å². The van der Waals surface area contributed by atoms with Crippen LogP contribution in [0.15, 0.2) is 77.6 Å². The van der Waals surface area contributed by atoms with Gasteiger partial charge in [-0.1, -0.05) is 6.07 Å². The molecule has 1 aliphatic heterocycles. The van der Waals surface area contributed by atoms with E-state index in [0.29, 0.717) is 58.1 Å². The van der Waals surface area contributed by atoms with Gasteiger partial charge in [0.25, 0.3) is 11.8 Å². The number of aromatic nitrogens is 6. The Morgan fingerprint density at radius 3 is 2.54 bits per heavy atom. The molecule has 1 saturated carbocycles. The van der Waals surface area contributed by atoms with Crippen LogP contribution >= 0.6 is 0 Å². The molecule has 1 atom stereocenters. The highest BCUT2D eigenvalue weighted by atomic mass is 16.2. The monoisotopic (exact) mass is 802 g/mol. The van der Waals surface area contributed by atoms with Crippen LogP contribution in [-0.4, -0.2) is 85.3 Å². The number of anilines is 3. The van der Waals surface area contributed by atoms with Gasteiger partial charge in [-0.25, -0.2) is 19.3 Å². The van der Waals surface area contributed by atoms with Crippen LogP contribution < -0.4 is 37.2 Å². The van der Waals surface area contributed by atoms with E-state index in [0.717, 1.165) is 44.1 Å². The van der Waals surface area contributed by atoms with Crippen molar-refractivity contribution in [2.24, 2.45) is 7.05 Å². The number of carbonyl (C=O) groups is 5. The summed E-state index contributed by atoms with van der Waals surface area (Å²) >= 11 is 0. The summed E-state index contributed by atoms with van der Waals surface area (Å²) in [6.07, 6.45) is 14.3. The number of aldehydes is 1. The van der Waals surface area contributed by atoms with Gasteiger partial charge in [-0.2, -0.15) is 0 Å². The molecule has 5 aromatic rings. The number of benzene rings is 1. The van der Waals surface area contributed by atoms with Gasteiger partial charge in [-0.3, -0.25) is 38.4 Å². The van der Waals surface area contributed by atoms with E-state index >= 15 is 0 Å². The van der Waals surface area contributed by atoms with E-state index in [9.17, 15) is 28.8 Å². The Kier molecular flexibility index (Phi) is 11.9. The van der Waals surface area contributed by atoms with Crippen molar-refractivity contribution in [2.45, 2.75) is 63.5 Å². The third-order valence-corrected chi connectivity index (χ3v) is 10.6. The van der Waals surface area contributed by atoms with E-state index in [4.69, 9.17) is 0 Å². The average Bonchev–Trinajstić information content (AvgIpc) is 3.76. The minimum atomic E-state index is -0.729. The fourth-order valence-corrected chi connectivity index (χ4v) is 7.07. The number of rotatable bonds is 16. The van der Waals surface area contributed by atoms with Crippen LogP contribution in [0, 0.1) is 0 Å². The number of nitrogens with zero attached hydrogens (tertiary/aromatic N) is 7. The molecule has 0 spiro atoms. The van der Waals surface area contributed by atoms with Crippen LogP contribution in [0.5, 0.6) is 0 Å². The zero-order valence-electron chi connectivity index (χ0n) is 33.0. The molecule has 4 amide bonds. The second kappa shape index (κ2) is 17.6. The maximum absolute atomic E-state index is 13.1. The van der Waals surface area contributed by atoms with Crippen molar-refractivity contribution in [3.05, 3.63) is 100 Å². The predicted octanol–water partition coefficient (Wildman–Crippen LogP) is 2.98. The Morgan fingerprint density at radius 1 is 1.00 bits per heavy atom. The number of hydrogen-bond donors (Lipinski definition) is 5. The molecule has 1 aliphatic carbocycles. The normalized spacial score (nSPS) is 15.9. The molecule has 5 heterocycles. The van der Waals surface area contributed by atoms with Crippen LogP contribution in [0.2, 0.25) is 0 Å².